The van der Waals surface area contributed by atoms with E-state index in [9.17, 15) is 14.0 Å². The van der Waals surface area contributed by atoms with Crippen molar-refractivity contribution in [3.05, 3.63) is 101 Å². The Kier molecular flexibility index (Phi) is 9.41. The number of carbonyl (C=O) groups excluding carboxylic acids is 2. The number of hydrogen-bond donors (Lipinski definition) is 1. The number of hydrogen-bond acceptors (Lipinski definition) is 3. The van der Waals surface area contributed by atoms with Crippen molar-refractivity contribution in [2.45, 2.75) is 52.2 Å². The Balaban J connectivity index is 1.91. The number of amides is 2. The lowest BCUT2D eigenvalue weighted by atomic mass is 10.0. The maximum absolute atomic E-state index is 13.5. The molecule has 1 N–H and O–H groups in total. The molecule has 0 spiro atoms. The van der Waals surface area contributed by atoms with Gasteiger partial charge in [0.25, 0.3) is 5.91 Å². The van der Waals surface area contributed by atoms with Crippen LogP contribution in [0.25, 0.3) is 0 Å². The molecule has 3 rings (SSSR count). The number of rotatable bonds is 11. The van der Waals surface area contributed by atoms with Gasteiger partial charge in [-0.25, -0.2) is 4.39 Å². The molecule has 35 heavy (non-hydrogen) atoms. The van der Waals surface area contributed by atoms with Crippen LogP contribution >= 0.6 is 0 Å². The molecular formula is C29H33FN2O3. The van der Waals surface area contributed by atoms with Crippen LogP contribution in [0.5, 0.6) is 5.75 Å². The van der Waals surface area contributed by atoms with Crippen molar-refractivity contribution >= 4 is 11.8 Å². The van der Waals surface area contributed by atoms with E-state index in [-0.39, 0.29) is 36.8 Å². The van der Waals surface area contributed by atoms with E-state index < -0.39 is 6.04 Å². The molecule has 0 radical (unpaired) electrons. The molecule has 0 saturated heterocycles. The molecule has 2 atom stereocenters. The van der Waals surface area contributed by atoms with Gasteiger partial charge in [-0.1, -0.05) is 61.5 Å². The van der Waals surface area contributed by atoms with Gasteiger partial charge in [0.2, 0.25) is 5.91 Å². The number of halogens is 1. The smallest absolute Gasteiger partial charge is 0.261 e. The zero-order chi connectivity index (χ0) is 25.2. The lowest BCUT2D eigenvalue weighted by molar-refractivity contribution is -0.143. The van der Waals surface area contributed by atoms with Crippen LogP contribution in [-0.4, -0.2) is 35.4 Å². The molecule has 184 valence electrons. The zero-order valence-electron chi connectivity index (χ0n) is 20.5. The first kappa shape index (κ1) is 25.9. The Labute approximate surface area is 206 Å². The molecule has 0 fully saturated rings. The van der Waals surface area contributed by atoms with Gasteiger partial charge >= 0.3 is 0 Å². The Hall–Kier alpha value is -3.67. The second-order valence-electron chi connectivity index (χ2n) is 8.71. The molecule has 3 aromatic carbocycles. The van der Waals surface area contributed by atoms with Gasteiger partial charge in [-0.2, -0.15) is 0 Å². The van der Waals surface area contributed by atoms with Crippen molar-refractivity contribution in [1.29, 1.82) is 0 Å². The van der Waals surface area contributed by atoms with Gasteiger partial charge in [0, 0.05) is 19.0 Å². The first-order chi connectivity index (χ1) is 16.9. The third-order valence-corrected chi connectivity index (χ3v) is 6.05. The molecule has 2 amide bonds. The highest BCUT2D eigenvalue weighted by Crippen LogP contribution is 2.18. The quantitative estimate of drug-likeness (QED) is 0.421. The van der Waals surface area contributed by atoms with Crippen LogP contribution in [-0.2, 0) is 22.6 Å². The van der Waals surface area contributed by atoms with E-state index in [4.69, 9.17) is 4.74 Å². The standard InChI is InChI=1S/C29H33FN2O3/c1-4-22(3)31-29(34)27(18-23-11-6-5-7-12-23)32(19-24-13-9-8-10-21(24)2)28(33)20-35-26-16-14-25(30)15-17-26/h5-17,22,27H,4,18-20H2,1-3H3,(H,31,34). The molecule has 0 bridgehead atoms. The highest BCUT2D eigenvalue weighted by molar-refractivity contribution is 5.88. The monoisotopic (exact) mass is 476 g/mol. The fourth-order valence-electron chi connectivity index (χ4n) is 3.72. The fourth-order valence-corrected chi connectivity index (χ4v) is 3.72. The molecule has 0 aromatic heterocycles. The summed E-state index contributed by atoms with van der Waals surface area (Å²) in [6.07, 6.45) is 1.15. The van der Waals surface area contributed by atoms with E-state index in [2.05, 4.69) is 5.32 Å². The number of carbonyl (C=O) groups is 2. The van der Waals surface area contributed by atoms with Crippen LogP contribution in [0, 0.1) is 12.7 Å². The molecule has 0 aliphatic carbocycles. The lowest BCUT2D eigenvalue weighted by Crippen LogP contribution is -2.53. The van der Waals surface area contributed by atoms with E-state index in [1.54, 1.807) is 4.90 Å². The highest BCUT2D eigenvalue weighted by Gasteiger charge is 2.31. The predicted molar refractivity (Wildman–Crippen MR) is 135 cm³/mol. The van der Waals surface area contributed by atoms with Gasteiger partial charge in [-0.15, -0.1) is 0 Å². The van der Waals surface area contributed by atoms with Gasteiger partial charge in [0.1, 0.15) is 17.6 Å². The minimum atomic E-state index is -0.727. The van der Waals surface area contributed by atoms with Gasteiger partial charge in [0.15, 0.2) is 6.61 Å². The summed E-state index contributed by atoms with van der Waals surface area (Å²) in [6, 6.07) is 22.2. The first-order valence-corrected chi connectivity index (χ1v) is 11.9. The summed E-state index contributed by atoms with van der Waals surface area (Å²) in [4.78, 5) is 28.6. The van der Waals surface area contributed by atoms with Crippen LogP contribution in [0.1, 0.15) is 37.0 Å². The average molecular weight is 477 g/mol. The maximum atomic E-state index is 13.5. The summed E-state index contributed by atoms with van der Waals surface area (Å²) in [5, 5.41) is 3.05. The number of nitrogens with one attached hydrogen (secondary N) is 1. The Morgan fingerprint density at radius 2 is 1.63 bits per heavy atom. The zero-order valence-corrected chi connectivity index (χ0v) is 20.5. The first-order valence-electron chi connectivity index (χ1n) is 11.9. The summed E-state index contributed by atoms with van der Waals surface area (Å²) in [5.41, 5.74) is 2.95. The Morgan fingerprint density at radius 3 is 2.29 bits per heavy atom. The van der Waals surface area contributed by atoms with Crippen LogP contribution in [0.4, 0.5) is 4.39 Å². The highest BCUT2D eigenvalue weighted by atomic mass is 19.1. The van der Waals surface area contributed by atoms with Crippen molar-refractivity contribution in [3.63, 3.8) is 0 Å². The summed E-state index contributed by atoms with van der Waals surface area (Å²) in [6.45, 7) is 5.94. The van der Waals surface area contributed by atoms with E-state index in [0.717, 1.165) is 23.1 Å². The van der Waals surface area contributed by atoms with Crippen molar-refractivity contribution < 1.29 is 18.7 Å². The Morgan fingerprint density at radius 1 is 0.971 bits per heavy atom. The average Bonchev–Trinajstić information content (AvgIpc) is 2.87. The van der Waals surface area contributed by atoms with Crippen LogP contribution in [0.3, 0.4) is 0 Å². The lowest BCUT2D eigenvalue weighted by Gasteiger charge is -2.32. The summed E-state index contributed by atoms with van der Waals surface area (Å²) in [5.74, 6) is -0.515. The second-order valence-corrected chi connectivity index (χ2v) is 8.71. The van der Waals surface area contributed by atoms with Gasteiger partial charge < -0.3 is 15.0 Å². The molecule has 6 heteroatoms. The second kappa shape index (κ2) is 12.7. The maximum Gasteiger partial charge on any atom is 0.261 e. The van der Waals surface area contributed by atoms with Gasteiger partial charge in [-0.05, 0) is 61.2 Å². The summed E-state index contributed by atoms with van der Waals surface area (Å²) in [7, 11) is 0. The Bertz CT molecular complexity index is 1100. The molecule has 5 nitrogen and oxygen atoms in total. The topological polar surface area (TPSA) is 58.6 Å². The third kappa shape index (κ3) is 7.67. The van der Waals surface area contributed by atoms with E-state index in [1.807, 2.05) is 75.4 Å². The van der Waals surface area contributed by atoms with Crippen LogP contribution < -0.4 is 10.1 Å². The number of ether oxygens (including phenoxy) is 1. The normalized spacial score (nSPS) is 12.5. The van der Waals surface area contributed by atoms with E-state index in [1.165, 1.54) is 24.3 Å². The third-order valence-electron chi connectivity index (χ3n) is 6.05. The fraction of sp³-hybridized carbons (Fsp3) is 0.310. The number of aryl methyl sites for hydroxylation is 1. The van der Waals surface area contributed by atoms with Gasteiger partial charge in [0.05, 0.1) is 0 Å². The largest absolute Gasteiger partial charge is 0.484 e. The molecule has 0 aliphatic rings. The van der Waals surface area contributed by atoms with Crippen LogP contribution in [0.2, 0.25) is 0 Å². The molecule has 0 saturated carbocycles. The van der Waals surface area contributed by atoms with Gasteiger partial charge in [-0.3, -0.25) is 9.59 Å². The summed E-state index contributed by atoms with van der Waals surface area (Å²) < 4.78 is 18.9. The minimum absolute atomic E-state index is 0.0216. The number of nitrogens with zero attached hydrogens (tertiary/aromatic N) is 1. The molecule has 2 unspecified atom stereocenters. The predicted octanol–water partition coefficient (Wildman–Crippen LogP) is 5.07. The van der Waals surface area contributed by atoms with Crippen LogP contribution in [0.15, 0.2) is 78.9 Å². The molecule has 0 heterocycles. The van der Waals surface area contributed by atoms with Crippen molar-refractivity contribution in [2.75, 3.05) is 6.61 Å². The van der Waals surface area contributed by atoms with E-state index >= 15 is 0 Å². The molecule has 3 aromatic rings. The van der Waals surface area contributed by atoms with Crippen molar-refractivity contribution in [3.8, 4) is 5.75 Å². The number of benzene rings is 3. The molecule has 0 aliphatic heterocycles. The minimum Gasteiger partial charge on any atom is -0.484 e. The van der Waals surface area contributed by atoms with Crippen molar-refractivity contribution in [2.24, 2.45) is 0 Å². The summed E-state index contributed by atoms with van der Waals surface area (Å²) >= 11 is 0. The van der Waals surface area contributed by atoms with Crippen molar-refractivity contribution in [1.82, 2.24) is 10.2 Å². The molecular weight excluding hydrogens is 443 g/mol. The van der Waals surface area contributed by atoms with E-state index in [0.29, 0.717) is 12.2 Å². The SMILES string of the molecule is CCC(C)NC(=O)C(Cc1ccccc1)N(Cc1ccccc1C)C(=O)COc1ccc(F)cc1.